The third-order valence-electron chi connectivity index (χ3n) is 4.59. The van der Waals surface area contributed by atoms with Gasteiger partial charge in [0.05, 0.1) is 11.9 Å². The van der Waals surface area contributed by atoms with Crippen molar-refractivity contribution in [2.75, 3.05) is 25.2 Å². The average Bonchev–Trinajstić information content (AvgIpc) is 2.73. The van der Waals surface area contributed by atoms with Crippen LogP contribution in [0.25, 0.3) is 0 Å². The molecule has 1 aliphatic carbocycles. The summed E-state index contributed by atoms with van der Waals surface area (Å²) in [7, 11) is -3.08. The van der Waals surface area contributed by atoms with Crippen molar-refractivity contribution >= 4 is 15.7 Å². The van der Waals surface area contributed by atoms with Gasteiger partial charge in [-0.25, -0.2) is 8.42 Å². The number of nitrogens with one attached hydrogen (secondary N) is 1. The standard InChI is InChI=1S/C12H22N2O4S/c1-11(2)9-8(4-6-18-9)12(11,13)10(15)14-5-7-19(3,16)17/h8-9H,4-7,13H2,1-3H3,(H,14,15). The van der Waals surface area contributed by atoms with Crippen LogP contribution in [0.1, 0.15) is 20.3 Å². The average molecular weight is 290 g/mol. The van der Waals surface area contributed by atoms with Crippen molar-refractivity contribution in [3.05, 3.63) is 0 Å². The minimum atomic E-state index is -3.08. The number of nitrogens with two attached hydrogens (primary N) is 1. The number of fused-ring (bicyclic) bond motifs is 1. The summed E-state index contributed by atoms with van der Waals surface area (Å²) in [5.41, 5.74) is 4.92. The van der Waals surface area contributed by atoms with E-state index >= 15 is 0 Å². The molecule has 0 radical (unpaired) electrons. The van der Waals surface area contributed by atoms with Crippen molar-refractivity contribution in [3.63, 3.8) is 0 Å². The second kappa shape index (κ2) is 4.43. The summed E-state index contributed by atoms with van der Waals surface area (Å²) >= 11 is 0. The zero-order chi connectivity index (χ0) is 14.5. The lowest BCUT2D eigenvalue weighted by Crippen LogP contribution is -2.80. The first kappa shape index (κ1) is 14.7. The van der Waals surface area contributed by atoms with Crippen LogP contribution in [-0.4, -0.2) is 51.1 Å². The highest BCUT2D eigenvalue weighted by Crippen LogP contribution is 2.58. The van der Waals surface area contributed by atoms with Crippen LogP contribution in [0.4, 0.5) is 0 Å². The Kier molecular flexibility index (Phi) is 3.43. The number of amides is 1. The van der Waals surface area contributed by atoms with Crippen molar-refractivity contribution in [1.82, 2.24) is 5.32 Å². The molecule has 1 amide bonds. The van der Waals surface area contributed by atoms with E-state index in [1.165, 1.54) is 0 Å². The molecule has 2 aliphatic rings. The molecule has 110 valence electrons. The Bertz CT molecular complexity index is 488. The normalized spacial score (nSPS) is 36.4. The molecule has 3 atom stereocenters. The monoisotopic (exact) mass is 290 g/mol. The summed E-state index contributed by atoms with van der Waals surface area (Å²) in [6.07, 6.45) is 1.95. The molecule has 3 unspecified atom stereocenters. The summed E-state index contributed by atoms with van der Waals surface area (Å²) in [5, 5.41) is 2.65. The van der Waals surface area contributed by atoms with Crippen LogP contribution in [0.15, 0.2) is 0 Å². The SMILES string of the molecule is CC1(C)C2OCCC2C1(N)C(=O)NCCS(C)(=O)=O. The van der Waals surface area contributed by atoms with Crippen LogP contribution >= 0.6 is 0 Å². The number of hydrogen-bond donors (Lipinski definition) is 2. The molecule has 2 rings (SSSR count). The van der Waals surface area contributed by atoms with Crippen molar-refractivity contribution < 1.29 is 17.9 Å². The van der Waals surface area contributed by atoms with E-state index in [4.69, 9.17) is 10.5 Å². The van der Waals surface area contributed by atoms with Crippen molar-refractivity contribution in [1.29, 1.82) is 0 Å². The lowest BCUT2D eigenvalue weighted by atomic mass is 9.48. The van der Waals surface area contributed by atoms with Gasteiger partial charge in [0.1, 0.15) is 15.4 Å². The van der Waals surface area contributed by atoms with Gasteiger partial charge in [-0.15, -0.1) is 0 Å². The van der Waals surface area contributed by atoms with Gasteiger partial charge >= 0.3 is 0 Å². The number of ether oxygens (including phenoxy) is 1. The van der Waals surface area contributed by atoms with Gasteiger partial charge in [-0.2, -0.15) is 0 Å². The van der Waals surface area contributed by atoms with E-state index in [1.807, 2.05) is 13.8 Å². The Labute approximate surface area is 114 Å². The largest absolute Gasteiger partial charge is 0.377 e. The van der Waals surface area contributed by atoms with Gasteiger partial charge < -0.3 is 15.8 Å². The molecule has 19 heavy (non-hydrogen) atoms. The molecule has 2 fully saturated rings. The van der Waals surface area contributed by atoms with Crippen molar-refractivity contribution in [3.8, 4) is 0 Å². The Hall–Kier alpha value is -0.660. The molecule has 1 saturated carbocycles. The van der Waals surface area contributed by atoms with Crippen LogP contribution in [0.2, 0.25) is 0 Å². The Balaban J connectivity index is 2.02. The quantitative estimate of drug-likeness (QED) is 0.712. The van der Waals surface area contributed by atoms with Crippen LogP contribution in [0.3, 0.4) is 0 Å². The molecule has 7 heteroatoms. The minimum Gasteiger partial charge on any atom is -0.377 e. The fraction of sp³-hybridized carbons (Fsp3) is 0.917. The molecule has 3 N–H and O–H groups in total. The number of carbonyl (C=O) groups is 1. The first-order valence-electron chi connectivity index (χ1n) is 6.47. The first-order valence-corrected chi connectivity index (χ1v) is 8.53. The number of rotatable bonds is 4. The van der Waals surface area contributed by atoms with Crippen LogP contribution < -0.4 is 11.1 Å². The topological polar surface area (TPSA) is 98.5 Å². The summed E-state index contributed by atoms with van der Waals surface area (Å²) in [6, 6.07) is 0. The predicted octanol–water partition coefficient (Wildman–Crippen LogP) is -0.710. The fourth-order valence-corrected chi connectivity index (χ4v) is 3.81. The highest BCUT2D eigenvalue weighted by atomic mass is 32.2. The molecule has 6 nitrogen and oxygen atoms in total. The maximum absolute atomic E-state index is 12.3. The van der Waals surface area contributed by atoms with Gasteiger partial charge in [0.2, 0.25) is 5.91 Å². The van der Waals surface area contributed by atoms with E-state index in [-0.39, 0.29) is 30.2 Å². The molecule has 1 heterocycles. The highest BCUT2D eigenvalue weighted by molar-refractivity contribution is 7.90. The van der Waals surface area contributed by atoms with Gasteiger partial charge in [0, 0.05) is 30.7 Å². The summed E-state index contributed by atoms with van der Waals surface area (Å²) < 4.78 is 27.7. The predicted molar refractivity (Wildman–Crippen MR) is 71.3 cm³/mol. The van der Waals surface area contributed by atoms with E-state index < -0.39 is 20.8 Å². The van der Waals surface area contributed by atoms with Crippen LogP contribution in [0, 0.1) is 11.3 Å². The van der Waals surface area contributed by atoms with Gasteiger partial charge in [-0.3, -0.25) is 4.79 Å². The first-order chi connectivity index (χ1) is 8.61. The summed E-state index contributed by atoms with van der Waals surface area (Å²) in [6.45, 7) is 4.59. The summed E-state index contributed by atoms with van der Waals surface area (Å²) in [5.74, 6) is -0.312. The van der Waals surface area contributed by atoms with Crippen LogP contribution in [-0.2, 0) is 19.4 Å². The van der Waals surface area contributed by atoms with Crippen molar-refractivity contribution in [2.45, 2.75) is 31.9 Å². The molecule has 0 aromatic rings. The third kappa shape index (κ3) is 2.17. The molecule has 0 aromatic heterocycles. The number of hydrogen-bond acceptors (Lipinski definition) is 5. The van der Waals surface area contributed by atoms with E-state index in [0.717, 1.165) is 12.7 Å². The van der Waals surface area contributed by atoms with E-state index in [9.17, 15) is 13.2 Å². The Morgan fingerprint density at radius 2 is 2.11 bits per heavy atom. The smallest absolute Gasteiger partial charge is 0.241 e. The van der Waals surface area contributed by atoms with E-state index in [2.05, 4.69) is 5.32 Å². The molecular weight excluding hydrogens is 268 g/mol. The molecule has 0 bridgehead atoms. The zero-order valence-electron chi connectivity index (χ0n) is 11.6. The van der Waals surface area contributed by atoms with Gasteiger partial charge in [-0.05, 0) is 6.42 Å². The molecule has 0 spiro atoms. The third-order valence-corrected chi connectivity index (χ3v) is 5.53. The lowest BCUT2D eigenvalue weighted by molar-refractivity contribution is -0.175. The molecular formula is C12H22N2O4S. The second-order valence-corrected chi connectivity index (χ2v) is 8.42. The molecule has 1 aliphatic heterocycles. The van der Waals surface area contributed by atoms with Gasteiger partial charge in [-0.1, -0.05) is 13.8 Å². The van der Waals surface area contributed by atoms with Crippen LogP contribution in [0.5, 0.6) is 0 Å². The highest BCUT2D eigenvalue weighted by Gasteiger charge is 2.71. The summed E-state index contributed by atoms with van der Waals surface area (Å²) in [4.78, 5) is 12.3. The second-order valence-electron chi connectivity index (χ2n) is 6.16. The number of sulfone groups is 1. The number of carbonyl (C=O) groups excluding carboxylic acids is 1. The van der Waals surface area contributed by atoms with Gasteiger partial charge in [0.25, 0.3) is 0 Å². The van der Waals surface area contributed by atoms with Gasteiger partial charge in [0.15, 0.2) is 0 Å². The fourth-order valence-electron chi connectivity index (χ4n) is 3.34. The zero-order valence-corrected chi connectivity index (χ0v) is 12.4. The Morgan fingerprint density at radius 3 is 2.68 bits per heavy atom. The molecule has 0 aromatic carbocycles. The van der Waals surface area contributed by atoms with Crippen molar-refractivity contribution in [2.24, 2.45) is 17.1 Å². The Morgan fingerprint density at radius 1 is 1.47 bits per heavy atom. The minimum absolute atomic E-state index is 0.0261. The lowest BCUT2D eigenvalue weighted by Gasteiger charge is -2.60. The maximum atomic E-state index is 12.3. The van der Waals surface area contributed by atoms with E-state index in [0.29, 0.717) is 6.61 Å². The maximum Gasteiger partial charge on any atom is 0.241 e. The molecule has 1 saturated heterocycles. The van der Waals surface area contributed by atoms with E-state index in [1.54, 1.807) is 0 Å².